The fraction of sp³-hybridized carbons (Fsp3) is 0.263. The van der Waals surface area contributed by atoms with E-state index < -0.39 is 17.4 Å². The molecule has 0 aliphatic heterocycles. The second kappa shape index (κ2) is 6.86. The van der Waals surface area contributed by atoms with Gasteiger partial charge in [-0.05, 0) is 37.1 Å². The molecule has 0 bridgehead atoms. The molecular formula is C19H17F2N5O. The summed E-state index contributed by atoms with van der Waals surface area (Å²) in [6, 6.07) is 6.05. The predicted molar refractivity (Wildman–Crippen MR) is 95.4 cm³/mol. The number of rotatable bonds is 5. The fourth-order valence-electron chi connectivity index (χ4n) is 3.34. The lowest BCUT2D eigenvalue weighted by molar-refractivity contribution is 0.0963. The summed E-state index contributed by atoms with van der Waals surface area (Å²) in [6.45, 7) is 0.290. The predicted octanol–water partition coefficient (Wildman–Crippen LogP) is 3.26. The SMILES string of the molecule is Oc1ccc(-c2cnc(NCC3(c4ncccc4F)CC(F)C3)nc2)nc1. The summed E-state index contributed by atoms with van der Waals surface area (Å²) in [5.74, 6) is 0.00749. The van der Waals surface area contributed by atoms with Gasteiger partial charge in [-0.1, -0.05) is 0 Å². The highest BCUT2D eigenvalue weighted by Crippen LogP contribution is 2.45. The number of aromatic nitrogens is 4. The van der Waals surface area contributed by atoms with E-state index in [9.17, 15) is 13.9 Å². The zero-order valence-electron chi connectivity index (χ0n) is 14.3. The van der Waals surface area contributed by atoms with Crippen LogP contribution >= 0.6 is 0 Å². The maximum atomic E-state index is 14.2. The third kappa shape index (κ3) is 3.42. The lowest BCUT2D eigenvalue weighted by Gasteiger charge is -2.43. The molecule has 0 aromatic carbocycles. The molecule has 1 aliphatic carbocycles. The molecule has 0 radical (unpaired) electrons. The van der Waals surface area contributed by atoms with Crippen molar-refractivity contribution in [3.8, 4) is 17.0 Å². The van der Waals surface area contributed by atoms with Crippen LogP contribution in [0.4, 0.5) is 14.7 Å². The van der Waals surface area contributed by atoms with Gasteiger partial charge in [-0.3, -0.25) is 9.97 Å². The summed E-state index contributed by atoms with van der Waals surface area (Å²) < 4.78 is 27.7. The number of aromatic hydroxyl groups is 1. The van der Waals surface area contributed by atoms with Crippen LogP contribution in [0.1, 0.15) is 18.5 Å². The van der Waals surface area contributed by atoms with Gasteiger partial charge in [-0.25, -0.2) is 18.7 Å². The van der Waals surface area contributed by atoms with Crippen molar-refractivity contribution in [3.05, 3.63) is 60.6 Å². The average molecular weight is 369 g/mol. The Morgan fingerprint density at radius 1 is 1.07 bits per heavy atom. The van der Waals surface area contributed by atoms with Gasteiger partial charge in [0.25, 0.3) is 0 Å². The number of anilines is 1. The van der Waals surface area contributed by atoms with E-state index in [1.165, 1.54) is 30.6 Å². The Morgan fingerprint density at radius 3 is 2.48 bits per heavy atom. The molecule has 1 fully saturated rings. The molecule has 0 unspecified atom stereocenters. The van der Waals surface area contributed by atoms with Gasteiger partial charge < -0.3 is 10.4 Å². The number of nitrogens with zero attached hydrogens (tertiary/aromatic N) is 4. The number of halogens is 2. The number of hydrogen-bond donors (Lipinski definition) is 2. The zero-order valence-corrected chi connectivity index (χ0v) is 14.3. The molecule has 1 saturated carbocycles. The van der Waals surface area contributed by atoms with E-state index in [1.807, 2.05) is 0 Å². The molecule has 3 aromatic heterocycles. The molecule has 138 valence electrons. The molecule has 1 aliphatic rings. The van der Waals surface area contributed by atoms with Crippen LogP contribution in [0.15, 0.2) is 49.1 Å². The first-order chi connectivity index (χ1) is 13.1. The zero-order chi connectivity index (χ0) is 18.9. The van der Waals surface area contributed by atoms with E-state index in [2.05, 4.69) is 25.3 Å². The van der Waals surface area contributed by atoms with E-state index in [4.69, 9.17) is 0 Å². The maximum absolute atomic E-state index is 14.2. The van der Waals surface area contributed by atoms with Crippen molar-refractivity contribution < 1.29 is 13.9 Å². The van der Waals surface area contributed by atoms with E-state index in [-0.39, 0.29) is 30.8 Å². The normalized spacial score (nSPS) is 21.5. The van der Waals surface area contributed by atoms with Gasteiger partial charge in [0.05, 0.1) is 17.6 Å². The summed E-state index contributed by atoms with van der Waals surface area (Å²) >= 11 is 0. The molecular weight excluding hydrogens is 352 g/mol. The number of hydrogen-bond acceptors (Lipinski definition) is 6. The van der Waals surface area contributed by atoms with Crippen LogP contribution in [0.2, 0.25) is 0 Å². The van der Waals surface area contributed by atoms with Gasteiger partial charge in [0.2, 0.25) is 5.95 Å². The summed E-state index contributed by atoms with van der Waals surface area (Å²) in [6.07, 6.45) is 5.52. The first kappa shape index (κ1) is 17.3. The van der Waals surface area contributed by atoms with Gasteiger partial charge in [0.15, 0.2) is 0 Å². The minimum absolute atomic E-state index is 0.0803. The Hall–Kier alpha value is -3.16. The lowest BCUT2D eigenvalue weighted by atomic mass is 9.65. The third-order valence-corrected chi connectivity index (χ3v) is 4.77. The van der Waals surface area contributed by atoms with E-state index in [0.29, 0.717) is 17.2 Å². The van der Waals surface area contributed by atoms with Gasteiger partial charge >= 0.3 is 0 Å². The molecule has 3 aromatic rings. The second-order valence-corrected chi connectivity index (χ2v) is 6.67. The molecule has 8 heteroatoms. The van der Waals surface area contributed by atoms with Gasteiger partial charge in [0.1, 0.15) is 17.7 Å². The first-order valence-corrected chi connectivity index (χ1v) is 8.52. The smallest absolute Gasteiger partial charge is 0.222 e. The molecule has 0 amide bonds. The van der Waals surface area contributed by atoms with Crippen LogP contribution in [0, 0.1) is 5.82 Å². The second-order valence-electron chi connectivity index (χ2n) is 6.67. The van der Waals surface area contributed by atoms with Gasteiger partial charge in [-0.2, -0.15) is 0 Å². The standard InChI is InChI=1S/C19H17F2N5O/c20-13-6-19(7-13,17-15(21)2-1-5-22-17)11-26-18-24-8-12(9-25-18)16-4-3-14(27)10-23-16/h1-5,8-10,13,27H,6-7,11H2,(H,24,25,26). The monoisotopic (exact) mass is 369 g/mol. The number of pyridine rings is 2. The number of alkyl halides is 1. The molecule has 0 atom stereocenters. The highest BCUT2D eigenvalue weighted by Gasteiger charge is 2.48. The largest absolute Gasteiger partial charge is 0.506 e. The lowest BCUT2D eigenvalue weighted by Crippen LogP contribution is -2.49. The van der Waals surface area contributed by atoms with Crippen molar-refractivity contribution in [1.29, 1.82) is 0 Å². The Labute approximate surface area is 154 Å². The first-order valence-electron chi connectivity index (χ1n) is 8.52. The van der Waals surface area contributed by atoms with Crippen molar-refractivity contribution in [2.75, 3.05) is 11.9 Å². The van der Waals surface area contributed by atoms with E-state index in [0.717, 1.165) is 0 Å². The molecule has 4 rings (SSSR count). The highest BCUT2D eigenvalue weighted by atomic mass is 19.1. The van der Waals surface area contributed by atoms with E-state index >= 15 is 0 Å². The van der Waals surface area contributed by atoms with Gasteiger partial charge in [0, 0.05) is 36.1 Å². The third-order valence-electron chi connectivity index (χ3n) is 4.77. The molecule has 6 nitrogen and oxygen atoms in total. The van der Waals surface area contributed by atoms with Gasteiger partial charge in [-0.15, -0.1) is 0 Å². The topological polar surface area (TPSA) is 83.8 Å². The molecule has 0 saturated heterocycles. The molecule has 2 N–H and O–H groups in total. The molecule has 0 spiro atoms. The van der Waals surface area contributed by atoms with Crippen molar-refractivity contribution >= 4 is 5.95 Å². The van der Waals surface area contributed by atoms with Crippen molar-refractivity contribution in [1.82, 2.24) is 19.9 Å². The van der Waals surface area contributed by atoms with Crippen LogP contribution < -0.4 is 5.32 Å². The molecule has 27 heavy (non-hydrogen) atoms. The van der Waals surface area contributed by atoms with Crippen LogP contribution in [0.5, 0.6) is 5.75 Å². The van der Waals surface area contributed by atoms with Crippen molar-refractivity contribution in [3.63, 3.8) is 0 Å². The minimum Gasteiger partial charge on any atom is -0.506 e. The summed E-state index contributed by atoms with van der Waals surface area (Å²) in [5.41, 5.74) is 0.895. The Kier molecular flexibility index (Phi) is 4.39. The summed E-state index contributed by atoms with van der Waals surface area (Å²) in [7, 11) is 0. The van der Waals surface area contributed by atoms with Crippen LogP contribution in [-0.2, 0) is 5.41 Å². The van der Waals surface area contributed by atoms with Crippen LogP contribution in [0.3, 0.4) is 0 Å². The summed E-state index contributed by atoms with van der Waals surface area (Å²) in [4.78, 5) is 16.7. The maximum Gasteiger partial charge on any atom is 0.222 e. The fourth-order valence-corrected chi connectivity index (χ4v) is 3.34. The van der Waals surface area contributed by atoms with E-state index in [1.54, 1.807) is 18.5 Å². The Morgan fingerprint density at radius 2 is 1.85 bits per heavy atom. The van der Waals surface area contributed by atoms with Crippen LogP contribution in [0.25, 0.3) is 11.3 Å². The highest BCUT2D eigenvalue weighted by molar-refractivity contribution is 5.57. The minimum atomic E-state index is -0.961. The average Bonchev–Trinajstić information content (AvgIpc) is 2.66. The Bertz CT molecular complexity index is 928. The van der Waals surface area contributed by atoms with Crippen LogP contribution in [-0.4, -0.2) is 37.8 Å². The van der Waals surface area contributed by atoms with Crippen molar-refractivity contribution in [2.24, 2.45) is 0 Å². The van der Waals surface area contributed by atoms with Crippen molar-refractivity contribution in [2.45, 2.75) is 24.4 Å². The molecule has 3 heterocycles. The quantitative estimate of drug-likeness (QED) is 0.718. The number of nitrogens with one attached hydrogen (secondary N) is 1. The summed E-state index contributed by atoms with van der Waals surface area (Å²) in [5, 5.41) is 12.4. The Balaban J connectivity index is 1.49.